The van der Waals surface area contributed by atoms with Gasteiger partial charge in [-0.1, -0.05) is 12.8 Å². The fraction of sp³-hybridized carbons (Fsp3) is 0.450. The molecule has 0 bridgehead atoms. The van der Waals surface area contributed by atoms with E-state index in [0.29, 0.717) is 0 Å². The maximum absolute atomic E-state index is 13.6. The summed E-state index contributed by atoms with van der Waals surface area (Å²) < 4.78 is 40.9. The third-order valence-electron chi connectivity index (χ3n) is 4.76. The van der Waals surface area contributed by atoms with Crippen LogP contribution >= 0.6 is 0 Å². The van der Waals surface area contributed by atoms with Gasteiger partial charge in [-0.15, -0.1) is 6.42 Å². The Morgan fingerprint density at radius 3 is 2.27 bits per heavy atom. The highest BCUT2D eigenvalue weighted by Crippen LogP contribution is 2.36. The first-order chi connectivity index (χ1) is 13.9. The minimum Gasteiger partial charge on any atom is -0.481 e. The normalized spacial score (nSPS) is 13.1. The Balaban J connectivity index is 3.54. The number of aliphatic carboxylic acids is 2. The largest absolute Gasteiger partial charge is 0.481 e. The van der Waals surface area contributed by atoms with Crippen molar-refractivity contribution in [1.29, 1.82) is 0 Å². The first kappa shape index (κ1) is 24.8. The van der Waals surface area contributed by atoms with E-state index in [2.05, 4.69) is 11.2 Å². The molecular weight excluding hydrogens is 405 g/mol. The van der Waals surface area contributed by atoms with Gasteiger partial charge in [0.2, 0.25) is 0 Å². The molecule has 0 aliphatic heterocycles. The Hall–Kier alpha value is -3.22. The number of carbonyl (C=O) groups is 3. The lowest BCUT2D eigenvalue weighted by Crippen LogP contribution is -2.57. The van der Waals surface area contributed by atoms with Gasteiger partial charge in [0, 0.05) is 18.7 Å². The lowest BCUT2D eigenvalue weighted by atomic mass is 9.87. The van der Waals surface area contributed by atoms with Crippen molar-refractivity contribution in [2.75, 3.05) is 18.4 Å². The van der Waals surface area contributed by atoms with Gasteiger partial charge in [0.1, 0.15) is 5.54 Å². The predicted molar refractivity (Wildman–Crippen MR) is 103 cm³/mol. The second kappa shape index (κ2) is 10.0. The summed E-state index contributed by atoms with van der Waals surface area (Å²) in [4.78, 5) is 36.9. The van der Waals surface area contributed by atoms with Crippen LogP contribution in [-0.4, -0.2) is 51.6 Å². The van der Waals surface area contributed by atoms with Crippen LogP contribution in [0.4, 0.5) is 18.9 Å². The van der Waals surface area contributed by atoms with Crippen molar-refractivity contribution in [2.24, 2.45) is 0 Å². The van der Waals surface area contributed by atoms with Crippen molar-refractivity contribution in [3.05, 3.63) is 29.3 Å². The quantitative estimate of drug-likeness (QED) is 0.494. The summed E-state index contributed by atoms with van der Waals surface area (Å²) in [5.74, 6) is -1.69. The van der Waals surface area contributed by atoms with E-state index in [0.717, 1.165) is 17.0 Å². The summed E-state index contributed by atoms with van der Waals surface area (Å²) in [6.45, 7) is 2.59. The molecule has 0 unspecified atom stereocenters. The third-order valence-corrected chi connectivity index (χ3v) is 4.76. The smallest absolute Gasteiger partial charge is 0.417 e. The monoisotopic (exact) mass is 428 g/mol. The van der Waals surface area contributed by atoms with Crippen LogP contribution in [0, 0.1) is 12.3 Å². The van der Waals surface area contributed by atoms with Crippen molar-refractivity contribution in [3.8, 4) is 12.3 Å². The number of alkyl halides is 3. The third kappa shape index (κ3) is 5.43. The summed E-state index contributed by atoms with van der Waals surface area (Å²) in [5.41, 5.74) is -3.90. The lowest BCUT2D eigenvalue weighted by molar-refractivity contribution is -0.151. The van der Waals surface area contributed by atoms with Crippen molar-refractivity contribution in [2.45, 2.75) is 44.8 Å². The second-order valence-corrected chi connectivity index (χ2v) is 6.45. The first-order valence-corrected chi connectivity index (χ1v) is 9.10. The molecule has 0 fully saturated rings. The minimum atomic E-state index is -4.89. The molecule has 1 amide bonds. The molecule has 1 aromatic rings. The van der Waals surface area contributed by atoms with Crippen molar-refractivity contribution in [1.82, 2.24) is 4.90 Å². The van der Waals surface area contributed by atoms with Gasteiger partial charge in [0.05, 0.1) is 17.7 Å². The number of nitrogens with one attached hydrogen (secondary N) is 1. The molecule has 0 saturated carbocycles. The number of rotatable bonds is 10. The van der Waals surface area contributed by atoms with Gasteiger partial charge >= 0.3 is 18.1 Å². The molecule has 0 aromatic heterocycles. The standard InChI is InChI=1S/C20H23F3N2O5/c1-4-11-24-13-7-8-14(15(12-13)20(21,22)23)17(28)25(6-3)19(5-2,18(29)30)10-9-16(26)27/h1,7-8,12,24H,5-6,9-11H2,2-3H3,(H,26,27)(H,29,30)/t19-/m0/s1. The maximum atomic E-state index is 13.6. The summed E-state index contributed by atoms with van der Waals surface area (Å²) in [5, 5.41) is 21.3. The number of hydrogen-bond donors (Lipinski definition) is 3. The minimum absolute atomic E-state index is 0.0289. The molecule has 0 spiro atoms. The first-order valence-electron chi connectivity index (χ1n) is 9.10. The Bertz CT molecular complexity index is 848. The average molecular weight is 428 g/mol. The van der Waals surface area contributed by atoms with E-state index >= 15 is 0 Å². The number of terminal acetylenes is 1. The van der Waals surface area contributed by atoms with Gasteiger partial charge in [0.25, 0.3) is 5.91 Å². The highest BCUT2D eigenvalue weighted by molar-refractivity contribution is 5.99. The van der Waals surface area contributed by atoms with Crippen molar-refractivity contribution < 1.29 is 37.8 Å². The Morgan fingerprint density at radius 2 is 1.83 bits per heavy atom. The molecule has 0 heterocycles. The number of carbonyl (C=O) groups excluding carboxylic acids is 1. The molecule has 1 aromatic carbocycles. The highest BCUT2D eigenvalue weighted by atomic mass is 19.4. The number of anilines is 1. The van der Waals surface area contributed by atoms with Crippen LogP contribution in [0.5, 0.6) is 0 Å². The number of amides is 1. The molecule has 0 aliphatic rings. The predicted octanol–water partition coefficient (Wildman–Crippen LogP) is 3.31. The highest BCUT2D eigenvalue weighted by Gasteiger charge is 2.46. The fourth-order valence-corrected chi connectivity index (χ4v) is 3.20. The molecular formula is C20H23F3N2O5. The zero-order valence-corrected chi connectivity index (χ0v) is 16.5. The van der Waals surface area contributed by atoms with E-state index in [1.54, 1.807) is 0 Å². The number of carboxylic acids is 2. The zero-order chi connectivity index (χ0) is 23.1. The van der Waals surface area contributed by atoms with Crippen LogP contribution in [0.25, 0.3) is 0 Å². The lowest BCUT2D eigenvalue weighted by Gasteiger charge is -2.40. The van der Waals surface area contributed by atoms with Crippen LogP contribution < -0.4 is 5.32 Å². The second-order valence-electron chi connectivity index (χ2n) is 6.45. The number of nitrogens with zero attached hydrogens (tertiary/aromatic N) is 1. The van der Waals surface area contributed by atoms with Gasteiger partial charge < -0.3 is 20.4 Å². The number of carboxylic acid groups (broad SMARTS) is 2. The summed E-state index contributed by atoms with van der Waals surface area (Å²) in [6.07, 6.45) is -1.00. The molecule has 164 valence electrons. The molecule has 10 heteroatoms. The van der Waals surface area contributed by atoms with Gasteiger partial charge in [-0.05, 0) is 38.0 Å². The van der Waals surface area contributed by atoms with Crippen molar-refractivity contribution >= 4 is 23.5 Å². The van der Waals surface area contributed by atoms with Gasteiger partial charge in [-0.25, -0.2) is 4.79 Å². The summed E-state index contributed by atoms with van der Waals surface area (Å²) in [6, 6.07) is 2.91. The molecule has 0 aliphatic carbocycles. The average Bonchev–Trinajstić information content (AvgIpc) is 2.68. The van der Waals surface area contributed by atoms with E-state index in [9.17, 15) is 32.7 Å². The molecule has 30 heavy (non-hydrogen) atoms. The van der Waals surface area contributed by atoms with Gasteiger partial charge in [0.15, 0.2) is 0 Å². The van der Waals surface area contributed by atoms with Crippen LogP contribution in [-0.2, 0) is 15.8 Å². The SMILES string of the molecule is C#CCNc1ccc(C(=O)N(CC)[C@@](CC)(CCC(=O)O)C(=O)O)c(C(F)(F)F)c1. The van der Waals surface area contributed by atoms with E-state index in [4.69, 9.17) is 11.5 Å². The summed E-state index contributed by atoms with van der Waals surface area (Å²) in [7, 11) is 0. The van der Waals surface area contributed by atoms with Crippen LogP contribution in [0.15, 0.2) is 18.2 Å². The molecule has 0 radical (unpaired) electrons. The number of hydrogen-bond acceptors (Lipinski definition) is 4. The summed E-state index contributed by atoms with van der Waals surface area (Å²) >= 11 is 0. The molecule has 3 N–H and O–H groups in total. The molecule has 0 saturated heterocycles. The maximum Gasteiger partial charge on any atom is 0.417 e. The molecule has 1 atom stereocenters. The van der Waals surface area contributed by atoms with E-state index in [1.165, 1.54) is 19.9 Å². The number of likely N-dealkylation sites (N-methyl/N-ethyl adjacent to an activating group) is 1. The number of benzene rings is 1. The fourth-order valence-electron chi connectivity index (χ4n) is 3.20. The van der Waals surface area contributed by atoms with E-state index < -0.39 is 53.5 Å². The van der Waals surface area contributed by atoms with E-state index in [1.807, 2.05) is 0 Å². The Labute approximate surface area is 171 Å². The zero-order valence-electron chi connectivity index (χ0n) is 16.5. The van der Waals surface area contributed by atoms with E-state index in [-0.39, 0.29) is 25.2 Å². The van der Waals surface area contributed by atoms with Crippen LogP contribution in [0.3, 0.4) is 0 Å². The van der Waals surface area contributed by atoms with Crippen molar-refractivity contribution in [3.63, 3.8) is 0 Å². The number of halogens is 3. The molecule has 7 nitrogen and oxygen atoms in total. The van der Waals surface area contributed by atoms with Crippen LogP contribution in [0.1, 0.15) is 49.0 Å². The topological polar surface area (TPSA) is 107 Å². The van der Waals surface area contributed by atoms with Gasteiger partial charge in [-0.3, -0.25) is 9.59 Å². The van der Waals surface area contributed by atoms with Gasteiger partial charge in [-0.2, -0.15) is 13.2 Å². The Kier molecular flexibility index (Phi) is 8.28. The van der Waals surface area contributed by atoms with Crippen LogP contribution in [0.2, 0.25) is 0 Å². The Morgan fingerprint density at radius 1 is 1.20 bits per heavy atom. The molecule has 1 rings (SSSR count).